The zero-order chi connectivity index (χ0) is 27.4. The first kappa shape index (κ1) is 26.5. The van der Waals surface area contributed by atoms with Crippen LogP contribution in [0, 0.1) is 6.92 Å². The van der Waals surface area contributed by atoms with Crippen LogP contribution in [0.5, 0.6) is 23.1 Å². The van der Waals surface area contributed by atoms with E-state index in [0.717, 1.165) is 16.9 Å². The summed E-state index contributed by atoms with van der Waals surface area (Å²) in [5.41, 5.74) is 4.36. The highest BCUT2D eigenvalue weighted by Gasteiger charge is 2.28. The third kappa shape index (κ3) is 5.67. The van der Waals surface area contributed by atoms with E-state index in [1.165, 1.54) is 11.8 Å². The molecule has 1 amide bonds. The van der Waals surface area contributed by atoms with Crippen molar-refractivity contribution in [2.75, 3.05) is 24.8 Å². The molecule has 3 heterocycles. The number of amides is 1. The number of nitrogens with zero attached hydrogens (tertiary/aromatic N) is 3. The predicted molar refractivity (Wildman–Crippen MR) is 149 cm³/mol. The van der Waals surface area contributed by atoms with Crippen LogP contribution in [0.2, 0.25) is 0 Å². The fourth-order valence-corrected chi connectivity index (χ4v) is 5.12. The first-order chi connectivity index (χ1) is 19.0. The summed E-state index contributed by atoms with van der Waals surface area (Å²) in [6.45, 7) is 4.19. The molecule has 0 saturated carbocycles. The Kier molecular flexibility index (Phi) is 7.94. The summed E-state index contributed by atoms with van der Waals surface area (Å²) in [4.78, 5) is 26.8. The zero-order valence-electron chi connectivity index (χ0n) is 21.9. The van der Waals surface area contributed by atoms with Gasteiger partial charge >= 0.3 is 0 Å². The lowest BCUT2D eigenvalue weighted by molar-refractivity contribution is -0.113. The van der Waals surface area contributed by atoms with Gasteiger partial charge in [0.05, 0.1) is 42.9 Å². The summed E-state index contributed by atoms with van der Waals surface area (Å²) in [5.74, 6) is 2.72. The highest BCUT2D eigenvalue weighted by molar-refractivity contribution is 8.00. The van der Waals surface area contributed by atoms with Crippen molar-refractivity contribution >= 4 is 23.4 Å². The van der Waals surface area contributed by atoms with Crippen molar-refractivity contribution in [2.24, 2.45) is 0 Å². The molecule has 0 fully saturated rings. The number of carbonyl (C=O) groups is 1. The lowest BCUT2D eigenvalue weighted by Gasteiger charge is -2.24. The van der Waals surface area contributed by atoms with Gasteiger partial charge in [-0.1, -0.05) is 23.9 Å². The van der Waals surface area contributed by atoms with Gasteiger partial charge in [0.2, 0.25) is 11.8 Å². The SMILES string of the molecule is CCOc1ccc(NC(=O)CSc2nc(-c3ccccc3OC)nc3c2Cc2c(CO)cnc(C)c2O3)cc1. The number of anilines is 1. The molecule has 0 radical (unpaired) electrons. The molecule has 0 unspecified atom stereocenters. The van der Waals surface area contributed by atoms with E-state index in [1.807, 2.05) is 50.2 Å². The molecule has 0 aliphatic carbocycles. The molecule has 9 nitrogen and oxygen atoms in total. The molecule has 1 aliphatic heterocycles. The average molecular weight is 545 g/mol. The second-order valence-electron chi connectivity index (χ2n) is 8.74. The summed E-state index contributed by atoms with van der Waals surface area (Å²) in [7, 11) is 1.59. The predicted octanol–water partition coefficient (Wildman–Crippen LogP) is 5.17. The molecule has 5 rings (SSSR count). The minimum Gasteiger partial charge on any atom is -0.496 e. The fraction of sp³-hybridized carbons (Fsp3) is 0.241. The van der Waals surface area contributed by atoms with Crippen LogP contribution in [0.1, 0.15) is 29.3 Å². The van der Waals surface area contributed by atoms with Crippen LogP contribution >= 0.6 is 11.8 Å². The number of aryl methyl sites for hydroxylation is 1. The Morgan fingerprint density at radius 1 is 1.13 bits per heavy atom. The normalized spacial score (nSPS) is 11.7. The first-order valence-electron chi connectivity index (χ1n) is 12.5. The quantitative estimate of drug-likeness (QED) is 0.191. The molecule has 2 aromatic carbocycles. The number of ether oxygens (including phenoxy) is 3. The molecule has 2 aromatic heterocycles. The van der Waals surface area contributed by atoms with Gasteiger partial charge in [0.15, 0.2) is 11.6 Å². The molecule has 39 heavy (non-hydrogen) atoms. The Bertz CT molecular complexity index is 1510. The molecule has 4 aromatic rings. The average Bonchev–Trinajstić information content (AvgIpc) is 2.96. The second-order valence-corrected chi connectivity index (χ2v) is 9.71. The van der Waals surface area contributed by atoms with Crippen LogP contribution in [0.25, 0.3) is 11.4 Å². The third-order valence-corrected chi connectivity index (χ3v) is 7.21. The van der Waals surface area contributed by atoms with Crippen molar-refractivity contribution in [1.82, 2.24) is 15.0 Å². The van der Waals surface area contributed by atoms with Crippen LogP contribution in [0.15, 0.2) is 59.8 Å². The Morgan fingerprint density at radius 3 is 2.67 bits per heavy atom. The van der Waals surface area contributed by atoms with E-state index in [0.29, 0.717) is 63.8 Å². The highest BCUT2D eigenvalue weighted by atomic mass is 32.2. The van der Waals surface area contributed by atoms with Crippen molar-refractivity contribution in [3.05, 3.63) is 77.1 Å². The summed E-state index contributed by atoms with van der Waals surface area (Å²) < 4.78 is 17.3. The Balaban J connectivity index is 1.46. The number of para-hydroxylation sites is 1. The van der Waals surface area contributed by atoms with Crippen LogP contribution in [0.3, 0.4) is 0 Å². The van der Waals surface area contributed by atoms with Crippen LogP contribution < -0.4 is 19.5 Å². The molecular formula is C29H28N4O5S. The maximum absolute atomic E-state index is 12.9. The minimum absolute atomic E-state index is 0.122. The van der Waals surface area contributed by atoms with Gasteiger partial charge in [-0.05, 0) is 50.2 Å². The van der Waals surface area contributed by atoms with Crippen LogP contribution in [-0.2, 0) is 17.8 Å². The molecule has 10 heteroatoms. The minimum atomic E-state index is -0.177. The van der Waals surface area contributed by atoms with E-state index < -0.39 is 0 Å². The number of aromatic nitrogens is 3. The lowest BCUT2D eigenvalue weighted by Crippen LogP contribution is -2.16. The van der Waals surface area contributed by atoms with Gasteiger partial charge in [0, 0.05) is 29.4 Å². The number of hydrogen-bond donors (Lipinski definition) is 2. The molecule has 2 N–H and O–H groups in total. The highest BCUT2D eigenvalue weighted by Crippen LogP contribution is 2.43. The van der Waals surface area contributed by atoms with E-state index in [1.54, 1.807) is 25.4 Å². The maximum atomic E-state index is 12.9. The van der Waals surface area contributed by atoms with E-state index in [-0.39, 0.29) is 18.3 Å². The molecule has 200 valence electrons. The van der Waals surface area contributed by atoms with Crippen molar-refractivity contribution in [1.29, 1.82) is 0 Å². The monoisotopic (exact) mass is 544 g/mol. The van der Waals surface area contributed by atoms with Gasteiger partial charge in [-0.3, -0.25) is 9.78 Å². The van der Waals surface area contributed by atoms with Crippen LogP contribution in [0.4, 0.5) is 5.69 Å². The number of benzene rings is 2. The number of hydrogen-bond acceptors (Lipinski definition) is 9. The van der Waals surface area contributed by atoms with E-state index in [9.17, 15) is 9.90 Å². The van der Waals surface area contributed by atoms with Gasteiger partial charge in [-0.2, -0.15) is 4.98 Å². The molecule has 0 saturated heterocycles. The maximum Gasteiger partial charge on any atom is 0.234 e. The number of carbonyl (C=O) groups excluding carboxylic acids is 1. The van der Waals surface area contributed by atoms with Crippen molar-refractivity contribution in [3.8, 4) is 34.5 Å². The topological polar surface area (TPSA) is 116 Å². The number of methoxy groups -OCH3 is 1. The summed E-state index contributed by atoms with van der Waals surface area (Å²) in [5, 5.41) is 13.4. The lowest BCUT2D eigenvalue weighted by atomic mass is 9.99. The standard InChI is InChI=1S/C29H28N4O5S/c1-4-37-20-11-9-19(10-12-20)31-25(35)16-39-29-23-13-22-18(15-34)14-30-17(2)26(22)38-28(23)32-27(33-29)21-7-5-6-8-24(21)36-3/h5-12,14,34H,4,13,15-16H2,1-3H3,(H,31,35). The van der Waals surface area contributed by atoms with E-state index in [4.69, 9.17) is 24.2 Å². The summed E-state index contributed by atoms with van der Waals surface area (Å²) in [6, 6.07) is 14.7. The number of rotatable bonds is 9. The molecule has 0 atom stereocenters. The molecular weight excluding hydrogens is 516 g/mol. The van der Waals surface area contributed by atoms with Gasteiger partial charge in [0.25, 0.3) is 0 Å². The van der Waals surface area contributed by atoms with Gasteiger partial charge < -0.3 is 24.6 Å². The number of pyridine rings is 1. The molecule has 1 aliphatic rings. The number of aliphatic hydroxyl groups excluding tert-OH is 1. The van der Waals surface area contributed by atoms with Crippen LogP contribution in [-0.4, -0.2) is 45.4 Å². The van der Waals surface area contributed by atoms with Gasteiger partial charge in [0.1, 0.15) is 16.5 Å². The third-order valence-electron chi connectivity index (χ3n) is 6.20. The van der Waals surface area contributed by atoms with Crippen molar-refractivity contribution in [2.45, 2.75) is 31.9 Å². The smallest absolute Gasteiger partial charge is 0.234 e. The Morgan fingerprint density at radius 2 is 1.92 bits per heavy atom. The molecule has 0 spiro atoms. The number of nitrogens with one attached hydrogen (secondary N) is 1. The Hall–Kier alpha value is -4.15. The van der Waals surface area contributed by atoms with E-state index in [2.05, 4.69) is 10.3 Å². The van der Waals surface area contributed by atoms with Crippen molar-refractivity contribution in [3.63, 3.8) is 0 Å². The van der Waals surface area contributed by atoms with Gasteiger partial charge in [-0.15, -0.1) is 0 Å². The van der Waals surface area contributed by atoms with Crippen molar-refractivity contribution < 1.29 is 24.1 Å². The van der Waals surface area contributed by atoms with E-state index >= 15 is 0 Å². The molecule has 0 bridgehead atoms. The number of fused-ring (bicyclic) bond motifs is 2. The fourth-order valence-electron chi connectivity index (χ4n) is 4.30. The second kappa shape index (κ2) is 11.7. The number of thioether (sulfide) groups is 1. The summed E-state index contributed by atoms with van der Waals surface area (Å²) >= 11 is 1.30. The Labute approximate surface area is 230 Å². The summed E-state index contributed by atoms with van der Waals surface area (Å²) in [6.07, 6.45) is 2.10. The number of aliphatic hydroxyl groups is 1. The first-order valence-corrected chi connectivity index (χ1v) is 13.4. The van der Waals surface area contributed by atoms with Gasteiger partial charge in [-0.25, -0.2) is 4.98 Å². The zero-order valence-corrected chi connectivity index (χ0v) is 22.7. The largest absolute Gasteiger partial charge is 0.496 e.